The van der Waals surface area contributed by atoms with Gasteiger partial charge < -0.3 is 11.5 Å². The number of nitrogens with two attached hydrogens (primary N) is 2. The molecule has 7 heavy (non-hydrogen) atoms. The van der Waals surface area contributed by atoms with Gasteiger partial charge in [0.15, 0.2) is 0 Å². The molecule has 0 unspecified atom stereocenters. The molecule has 0 spiro atoms. The van der Waals surface area contributed by atoms with Crippen LogP contribution in [-0.2, 0) is 9.59 Å². The third-order valence-electron chi connectivity index (χ3n) is 0. The van der Waals surface area contributed by atoms with Crippen LogP contribution < -0.4 is 11.5 Å². The van der Waals surface area contributed by atoms with Gasteiger partial charge in [-0.25, -0.2) is 0 Å². The molecule has 0 heterocycles. The van der Waals surface area contributed by atoms with Crippen molar-refractivity contribution in [3.8, 4) is 0 Å². The van der Waals surface area contributed by atoms with E-state index in [-0.39, 0.29) is 20.2 Å². The lowest BCUT2D eigenvalue weighted by molar-refractivity contribution is -0.107. The van der Waals surface area contributed by atoms with Crippen LogP contribution in [0.25, 0.3) is 0 Å². The zero-order valence-electron chi connectivity index (χ0n) is 3.13. The lowest BCUT2D eigenvalue weighted by Gasteiger charge is -1.32. The molecule has 0 aromatic rings. The Labute approximate surface area is 42.5 Å². The second kappa shape index (κ2) is 86.8. The molecule has 0 rings (SSSR count). The highest BCUT2D eigenvalue weighted by molar-refractivity contribution is 5.42. The molecular weight excluding hydrogens is 96.0 g/mol. The summed E-state index contributed by atoms with van der Waals surface area (Å²) < 4.78 is 0. The highest BCUT2D eigenvalue weighted by Gasteiger charge is 1.19. The highest BCUT2D eigenvalue weighted by atomic mass is 16.1. The number of carbonyl (C=O) groups is 2. The quantitative estimate of drug-likeness (QED) is 0.381. The molecule has 0 aliphatic heterocycles. The maximum atomic E-state index is 8.58. The molecule has 0 atom stereocenters. The molecule has 0 saturated heterocycles. The Morgan fingerprint density at radius 2 is 1.00 bits per heavy atom. The van der Waals surface area contributed by atoms with Gasteiger partial charge in [0.05, 0.1) is 0 Å². The fourth-order valence-electron chi connectivity index (χ4n) is 0. The summed E-state index contributed by atoms with van der Waals surface area (Å²) in [7, 11) is 0. The van der Waals surface area contributed by atoms with E-state index < -0.39 is 0 Å². The summed E-state index contributed by atoms with van der Waals surface area (Å²) in [6.07, 6.45) is 0.500. The Morgan fingerprint density at radius 1 is 1.00 bits per heavy atom. The maximum absolute atomic E-state index is 8.58. The fraction of sp³-hybridized carbons (Fsp3) is 0.333. The standard InChI is InChI=1S/2CH3NO.CH4/c2*2-1-3;/h2*1H,(H2,2,3);1H4. The van der Waals surface area contributed by atoms with E-state index in [1.54, 1.807) is 0 Å². The fourth-order valence-corrected chi connectivity index (χ4v) is 0. The van der Waals surface area contributed by atoms with E-state index in [4.69, 9.17) is 9.59 Å². The molecule has 2 amide bonds. The molecule has 4 heteroatoms. The third-order valence-corrected chi connectivity index (χ3v) is 0. The van der Waals surface area contributed by atoms with Gasteiger partial charge >= 0.3 is 0 Å². The van der Waals surface area contributed by atoms with Crippen LogP contribution in [0.2, 0.25) is 0 Å². The third kappa shape index (κ3) is 38.0. The van der Waals surface area contributed by atoms with E-state index >= 15 is 0 Å². The van der Waals surface area contributed by atoms with Gasteiger partial charge in [0, 0.05) is 0 Å². The first-order valence-corrected chi connectivity index (χ1v) is 1.14. The smallest absolute Gasteiger partial charge is 0.204 e. The van der Waals surface area contributed by atoms with Gasteiger partial charge in [-0.15, -0.1) is 0 Å². The second-order valence-electron chi connectivity index (χ2n) is 0.272. The molecule has 0 saturated carbocycles. The molecular formula is C3H10N2O2. The predicted octanol–water partition coefficient (Wildman–Crippen LogP) is -1.16. The molecule has 0 aliphatic carbocycles. The van der Waals surface area contributed by atoms with Gasteiger partial charge in [0.1, 0.15) is 0 Å². The van der Waals surface area contributed by atoms with Crippen molar-refractivity contribution < 1.29 is 9.59 Å². The maximum Gasteiger partial charge on any atom is 0.204 e. The largest absolute Gasteiger partial charge is 0.372 e. The highest BCUT2D eigenvalue weighted by Crippen LogP contribution is 0.801. The van der Waals surface area contributed by atoms with Gasteiger partial charge in [-0.3, -0.25) is 9.59 Å². The Morgan fingerprint density at radius 3 is 1.00 bits per heavy atom. The van der Waals surface area contributed by atoms with E-state index in [2.05, 4.69) is 11.5 Å². The van der Waals surface area contributed by atoms with Crippen LogP contribution in [0, 0.1) is 0 Å². The Bertz CT molecular complexity index is 31.9. The van der Waals surface area contributed by atoms with Crippen molar-refractivity contribution in [3.63, 3.8) is 0 Å². The van der Waals surface area contributed by atoms with Crippen LogP contribution in [0.1, 0.15) is 7.43 Å². The summed E-state index contributed by atoms with van der Waals surface area (Å²) in [6, 6.07) is 0. The van der Waals surface area contributed by atoms with E-state index in [0.717, 1.165) is 0 Å². The molecule has 0 aliphatic rings. The van der Waals surface area contributed by atoms with Crippen molar-refractivity contribution in [3.05, 3.63) is 0 Å². The zero-order chi connectivity index (χ0) is 5.41. The van der Waals surface area contributed by atoms with Crippen molar-refractivity contribution in [2.24, 2.45) is 11.5 Å². The Kier molecular flexibility index (Phi) is 208. The van der Waals surface area contributed by atoms with Crippen LogP contribution in [0.3, 0.4) is 0 Å². The predicted molar refractivity (Wildman–Crippen MR) is 27.2 cm³/mol. The SMILES string of the molecule is C.NC=O.NC=O. The van der Waals surface area contributed by atoms with Crippen LogP contribution in [-0.4, -0.2) is 12.8 Å². The topological polar surface area (TPSA) is 86.2 Å². The number of primary amides is 2. The van der Waals surface area contributed by atoms with E-state index in [1.807, 2.05) is 0 Å². The van der Waals surface area contributed by atoms with Crippen LogP contribution in [0.15, 0.2) is 0 Å². The van der Waals surface area contributed by atoms with Gasteiger partial charge in [0.2, 0.25) is 12.8 Å². The van der Waals surface area contributed by atoms with Crippen molar-refractivity contribution >= 4 is 12.8 Å². The summed E-state index contributed by atoms with van der Waals surface area (Å²) in [6.45, 7) is 0. The summed E-state index contributed by atoms with van der Waals surface area (Å²) in [5.74, 6) is 0. The van der Waals surface area contributed by atoms with E-state index in [0.29, 0.717) is 0 Å². The minimum absolute atomic E-state index is 0. The van der Waals surface area contributed by atoms with Crippen molar-refractivity contribution in [1.82, 2.24) is 0 Å². The molecule has 0 aromatic heterocycles. The lowest BCUT2D eigenvalue weighted by Crippen LogP contribution is -1.82. The minimum atomic E-state index is 0. The van der Waals surface area contributed by atoms with Crippen molar-refractivity contribution in [2.75, 3.05) is 0 Å². The van der Waals surface area contributed by atoms with Crippen molar-refractivity contribution in [2.45, 2.75) is 7.43 Å². The number of hydrogen-bond acceptors (Lipinski definition) is 2. The first kappa shape index (κ1) is 16.8. The lowest BCUT2D eigenvalue weighted by atomic mass is 11.5. The van der Waals surface area contributed by atoms with Gasteiger partial charge in [-0.05, 0) is 0 Å². The average molecular weight is 106 g/mol. The second-order valence-corrected chi connectivity index (χ2v) is 0.272. The molecule has 0 aromatic carbocycles. The molecule has 0 fully saturated rings. The monoisotopic (exact) mass is 106 g/mol. The van der Waals surface area contributed by atoms with Crippen LogP contribution >= 0.6 is 0 Å². The van der Waals surface area contributed by atoms with E-state index in [9.17, 15) is 0 Å². The molecule has 0 radical (unpaired) electrons. The number of amides is 2. The summed E-state index contributed by atoms with van der Waals surface area (Å²) in [5.41, 5.74) is 8.33. The van der Waals surface area contributed by atoms with Crippen molar-refractivity contribution in [1.29, 1.82) is 0 Å². The first-order valence-electron chi connectivity index (χ1n) is 1.14. The van der Waals surface area contributed by atoms with Gasteiger partial charge in [-0.2, -0.15) is 0 Å². The average Bonchev–Trinajstić information content (AvgIpc) is 1.39. The Balaban J connectivity index is -0.0000000400. The molecule has 0 bridgehead atoms. The summed E-state index contributed by atoms with van der Waals surface area (Å²) >= 11 is 0. The van der Waals surface area contributed by atoms with Gasteiger partial charge in [0.25, 0.3) is 0 Å². The van der Waals surface area contributed by atoms with E-state index in [1.165, 1.54) is 0 Å². The number of rotatable bonds is 0. The minimum Gasteiger partial charge on any atom is -0.372 e. The molecule has 4 nitrogen and oxygen atoms in total. The number of hydrogen-bond donors (Lipinski definition) is 2. The van der Waals surface area contributed by atoms with Crippen LogP contribution in [0.4, 0.5) is 0 Å². The zero-order valence-corrected chi connectivity index (χ0v) is 3.13. The molecule has 4 N–H and O–H groups in total. The summed E-state index contributed by atoms with van der Waals surface area (Å²) in [5, 5.41) is 0. The summed E-state index contributed by atoms with van der Waals surface area (Å²) in [4.78, 5) is 17.2. The first-order chi connectivity index (χ1) is 2.83. The molecule has 44 valence electrons. The van der Waals surface area contributed by atoms with Crippen LogP contribution in [0.5, 0.6) is 0 Å². The normalized spacial score (nSPS) is 3.43. The van der Waals surface area contributed by atoms with Gasteiger partial charge in [-0.1, -0.05) is 7.43 Å². The number of carbonyl (C=O) groups excluding carboxylic acids is 2. The Hall–Kier alpha value is -1.06.